The molecule has 0 spiro atoms. The van der Waals surface area contributed by atoms with Crippen LogP contribution in [0.25, 0.3) is 0 Å². The highest BCUT2D eigenvalue weighted by Crippen LogP contribution is 2.35. The van der Waals surface area contributed by atoms with Crippen LogP contribution in [0, 0.1) is 5.92 Å². The summed E-state index contributed by atoms with van der Waals surface area (Å²) < 4.78 is 6.19. The molecule has 1 aliphatic carbocycles. The topological polar surface area (TPSA) is 38.5 Å². The van der Waals surface area contributed by atoms with Gasteiger partial charge in [0.2, 0.25) is 0 Å². The summed E-state index contributed by atoms with van der Waals surface area (Å²) in [5.41, 5.74) is 6.28. The van der Waals surface area contributed by atoms with Gasteiger partial charge in [-0.25, -0.2) is 0 Å². The lowest BCUT2D eigenvalue weighted by Gasteiger charge is -2.52. The van der Waals surface area contributed by atoms with Gasteiger partial charge in [-0.1, -0.05) is 13.3 Å². The van der Waals surface area contributed by atoms with E-state index in [4.69, 9.17) is 10.5 Å². The maximum atomic E-state index is 6.42. The minimum Gasteiger partial charge on any atom is -0.367 e. The SMILES string of the molecule is CCC1CCC(N)C(N2CC(C)(C)OC(C)(C)C2)C1. The molecule has 0 aromatic rings. The van der Waals surface area contributed by atoms with Crippen LogP contribution in [-0.4, -0.2) is 41.3 Å². The first-order valence-electron chi connectivity index (χ1n) is 7.92. The van der Waals surface area contributed by atoms with E-state index in [9.17, 15) is 0 Å². The maximum absolute atomic E-state index is 6.42. The molecule has 19 heavy (non-hydrogen) atoms. The second-order valence-corrected chi connectivity index (χ2v) is 7.84. The molecule has 1 saturated heterocycles. The molecule has 3 nitrogen and oxygen atoms in total. The summed E-state index contributed by atoms with van der Waals surface area (Å²) in [6.07, 6.45) is 5.05. The molecule has 0 bridgehead atoms. The lowest BCUT2D eigenvalue weighted by Crippen LogP contribution is -2.63. The van der Waals surface area contributed by atoms with Gasteiger partial charge < -0.3 is 10.5 Å². The smallest absolute Gasteiger partial charge is 0.0760 e. The van der Waals surface area contributed by atoms with Crippen LogP contribution in [0.2, 0.25) is 0 Å². The lowest BCUT2D eigenvalue weighted by atomic mass is 9.79. The first kappa shape index (κ1) is 15.3. The van der Waals surface area contributed by atoms with E-state index >= 15 is 0 Å². The molecule has 1 heterocycles. The molecule has 0 aromatic carbocycles. The van der Waals surface area contributed by atoms with Crippen molar-refractivity contribution in [3.8, 4) is 0 Å². The van der Waals surface area contributed by atoms with Crippen LogP contribution in [0.15, 0.2) is 0 Å². The molecular weight excluding hydrogens is 236 g/mol. The van der Waals surface area contributed by atoms with Crippen molar-refractivity contribution in [3.05, 3.63) is 0 Å². The van der Waals surface area contributed by atoms with E-state index in [-0.39, 0.29) is 11.2 Å². The van der Waals surface area contributed by atoms with Gasteiger partial charge in [-0.3, -0.25) is 4.90 Å². The molecule has 112 valence electrons. The summed E-state index contributed by atoms with van der Waals surface area (Å²) in [7, 11) is 0. The Hall–Kier alpha value is -0.120. The number of hydrogen-bond donors (Lipinski definition) is 1. The molecule has 2 fully saturated rings. The zero-order valence-corrected chi connectivity index (χ0v) is 13.4. The van der Waals surface area contributed by atoms with Gasteiger partial charge in [-0.15, -0.1) is 0 Å². The van der Waals surface area contributed by atoms with Crippen LogP contribution in [0.1, 0.15) is 60.3 Å². The second-order valence-electron chi connectivity index (χ2n) is 7.84. The molecule has 3 atom stereocenters. The van der Waals surface area contributed by atoms with Crippen molar-refractivity contribution in [2.45, 2.75) is 83.6 Å². The number of morpholine rings is 1. The third-order valence-electron chi connectivity index (χ3n) is 4.74. The van der Waals surface area contributed by atoms with E-state index in [1.165, 1.54) is 25.7 Å². The van der Waals surface area contributed by atoms with Crippen molar-refractivity contribution in [3.63, 3.8) is 0 Å². The number of ether oxygens (including phenoxy) is 1. The fourth-order valence-corrected chi connectivity index (χ4v) is 4.13. The predicted octanol–water partition coefficient (Wildman–Crippen LogP) is 2.78. The van der Waals surface area contributed by atoms with Crippen molar-refractivity contribution in [2.24, 2.45) is 11.7 Å². The molecule has 1 saturated carbocycles. The van der Waals surface area contributed by atoms with E-state index in [1.807, 2.05) is 0 Å². The largest absolute Gasteiger partial charge is 0.367 e. The molecule has 2 rings (SSSR count). The highest BCUT2D eigenvalue weighted by molar-refractivity contribution is 4.97. The summed E-state index contributed by atoms with van der Waals surface area (Å²) >= 11 is 0. The summed E-state index contributed by atoms with van der Waals surface area (Å²) in [5.74, 6) is 0.860. The van der Waals surface area contributed by atoms with Crippen LogP contribution in [0.5, 0.6) is 0 Å². The van der Waals surface area contributed by atoms with Crippen molar-refractivity contribution in [1.82, 2.24) is 4.90 Å². The summed E-state index contributed by atoms with van der Waals surface area (Å²) in [4.78, 5) is 2.61. The molecule has 1 aliphatic heterocycles. The summed E-state index contributed by atoms with van der Waals surface area (Å²) in [5, 5.41) is 0. The Balaban J connectivity index is 2.10. The van der Waals surface area contributed by atoms with Crippen LogP contribution in [-0.2, 0) is 4.74 Å². The summed E-state index contributed by atoms with van der Waals surface area (Å²) in [6, 6.07) is 0.883. The Labute approximate surface area is 118 Å². The van der Waals surface area contributed by atoms with E-state index in [2.05, 4.69) is 39.5 Å². The molecule has 3 heteroatoms. The average molecular weight is 268 g/mol. The van der Waals surface area contributed by atoms with Gasteiger partial charge >= 0.3 is 0 Å². The van der Waals surface area contributed by atoms with Crippen molar-refractivity contribution in [2.75, 3.05) is 13.1 Å². The van der Waals surface area contributed by atoms with Crippen molar-refractivity contribution < 1.29 is 4.74 Å². The van der Waals surface area contributed by atoms with Gasteiger partial charge in [0.25, 0.3) is 0 Å². The lowest BCUT2D eigenvalue weighted by molar-refractivity contribution is -0.191. The first-order valence-corrected chi connectivity index (χ1v) is 7.92. The first-order chi connectivity index (χ1) is 8.72. The third kappa shape index (κ3) is 3.71. The van der Waals surface area contributed by atoms with E-state index < -0.39 is 0 Å². The van der Waals surface area contributed by atoms with Crippen LogP contribution in [0.3, 0.4) is 0 Å². The van der Waals surface area contributed by atoms with Gasteiger partial charge in [0.15, 0.2) is 0 Å². The Morgan fingerprint density at radius 1 is 1.11 bits per heavy atom. The van der Waals surface area contributed by atoms with Crippen molar-refractivity contribution >= 4 is 0 Å². The summed E-state index contributed by atoms with van der Waals surface area (Å²) in [6.45, 7) is 13.1. The molecule has 0 amide bonds. The quantitative estimate of drug-likeness (QED) is 0.837. The fraction of sp³-hybridized carbons (Fsp3) is 1.00. The molecule has 3 unspecified atom stereocenters. The molecular formula is C16H32N2O. The predicted molar refractivity (Wildman–Crippen MR) is 80.2 cm³/mol. The van der Waals surface area contributed by atoms with E-state index in [1.54, 1.807) is 0 Å². The number of nitrogens with two attached hydrogens (primary N) is 1. The maximum Gasteiger partial charge on any atom is 0.0760 e. The normalized spacial score (nSPS) is 39.2. The van der Waals surface area contributed by atoms with Gasteiger partial charge in [-0.2, -0.15) is 0 Å². The Morgan fingerprint density at radius 3 is 2.21 bits per heavy atom. The van der Waals surface area contributed by atoms with Gasteiger partial charge in [-0.05, 0) is 52.9 Å². The molecule has 0 radical (unpaired) electrons. The number of nitrogens with zero attached hydrogens (tertiary/aromatic N) is 1. The highest BCUT2D eigenvalue weighted by atomic mass is 16.5. The zero-order chi connectivity index (χ0) is 14.3. The van der Waals surface area contributed by atoms with Gasteiger partial charge in [0.1, 0.15) is 0 Å². The van der Waals surface area contributed by atoms with Gasteiger partial charge in [0, 0.05) is 25.2 Å². The molecule has 2 aliphatic rings. The Bertz CT molecular complexity index is 298. The van der Waals surface area contributed by atoms with Crippen LogP contribution < -0.4 is 5.73 Å². The molecule has 2 N–H and O–H groups in total. The van der Waals surface area contributed by atoms with Crippen LogP contribution >= 0.6 is 0 Å². The number of hydrogen-bond acceptors (Lipinski definition) is 3. The Kier molecular flexibility index (Phi) is 4.29. The standard InChI is InChI=1S/C16H32N2O/c1-6-12-7-8-13(17)14(9-12)18-10-15(2,3)19-16(4,5)11-18/h12-14H,6-11,17H2,1-5H3. The van der Waals surface area contributed by atoms with Crippen molar-refractivity contribution in [1.29, 1.82) is 0 Å². The van der Waals surface area contributed by atoms with E-state index in [0.29, 0.717) is 12.1 Å². The minimum atomic E-state index is -0.0688. The van der Waals surface area contributed by atoms with Crippen LogP contribution in [0.4, 0.5) is 0 Å². The zero-order valence-electron chi connectivity index (χ0n) is 13.4. The third-order valence-corrected chi connectivity index (χ3v) is 4.74. The number of rotatable bonds is 2. The minimum absolute atomic E-state index is 0.0688. The van der Waals surface area contributed by atoms with Gasteiger partial charge in [0.05, 0.1) is 11.2 Å². The molecule has 0 aromatic heterocycles. The van der Waals surface area contributed by atoms with E-state index in [0.717, 1.165) is 19.0 Å². The monoisotopic (exact) mass is 268 g/mol. The average Bonchev–Trinajstić information content (AvgIpc) is 2.25. The highest BCUT2D eigenvalue weighted by Gasteiger charge is 2.43. The fourth-order valence-electron chi connectivity index (χ4n) is 4.13. The Morgan fingerprint density at radius 2 is 1.68 bits per heavy atom. The second kappa shape index (κ2) is 5.34.